The maximum atomic E-state index is 13.6. The zero-order valence-corrected chi connectivity index (χ0v) is 12.6. The first-order valence-electron chi connectivity index (χ1n) is 7.24. The predicted octanol–water partition coefficient (Wildman–Crippen LogP) is 2.68. The van der Waals surface area contributed by atoms with Gasteiger partial charge in [-0.3, -0.25) is 9.78 Å². The van der Waals surface area contributed by atoms with Gasteiger partial charge in [-0.25, -0.2) is 14.4 Å². The molecule has 2 N–H and O–H groups in total. The Kier molecular flexibility index (Phi) is 4.71. The molecular weight excluding hydrogens is 309 g/mol. The van der Waals surface area contributed by atoms with Crippen molar-refractivity contribution in [3.63, 3.8) is 0 Å². The van der Waals surface area contributed by atoms with Crippen molar-refractivity contribution in [1.29, 1.82) is 0 Å². The van der Waals surface area contributed by atoms with Crippen LogP contribution in [0.3, 0.4) is 0 Å². The van der Waals surface area contributed by atoms with Crippen molar-refractivity contribution in [3.05, 3.63) is 78.1 Å². The van der Waals surface area contributed by atoms with Crippen LogP contribution in [0.15, 0.2) is 61.1 Å². The molecule has 0 aliphatic rings. The number of aromatic nitrogens is 3. The number of carbonyl (C=O) groups is 1. The molecule has 2 aromatic heterocycles. The highest BCUT2D eigenvalue weighted by atomic mass is 19.1. The maximum Gasteiger partial charge on any atom is 0.254 e. The number of para-hydroxylation sites is 1. The molecule has 24 heavy (non-hydrogen) atoms. The van der Waals surface area contributed by atoms with Crippen LogP contribution in [0.25, 0.3) is 0 Å². The molecule has 3 aromatic rings. The molecule has 2 heterocycles. The van der Waals surface area contributed by atoms with Crippen molar-refractivity contribution >= 4 is 17.5 Å². The van der Waals surface area contributed by atoms with Gasteiger partial charge in [-0.1, -0.05) is 18.2 Å². The molecule has 1 aromatic carbocycles. The van der Waals surface area contributed by atoms with Crippen LogP contribution in [0.1, 0.15) is 16.1 Å². The van der Waals surface area contributed by atoms with Crippen molar-refractivity contribution in [1.82, 2.24) is 20.3 Å². The minimum absolute atomic E-state index is 0.210. The van der Waals surface area contributed by atoms with E-state index in [-0.39, 0.29) is 17.5 Å². The van der Waals surface area contributed by atoms with Crippen molar-refractivity contribution in [2.24, 2.45) is 0 Å². The van der Waals surface area contributed by atoms with Gasteiger partial charge in [-0.2, -0.15) is 0 Å². The van der Waals surface area contributed by atoms with E-state index < -0.39 is 5.82 Å². The van der Waals surface area contributed by atoms with Crippen LogP contribution >= 0.6 is 0 Å². The Labute approximate surface area is 137 Å². The van der Waals surface area contributed by atoms with E-state index in [1.165, 1.54) is 18.5 Å². The van der Waals surface area contributed by atoms with Gasteiger partial charge in [0.2, 0.25) is 5.95 Å². The number of nitrogens with zero attached hydrogens (tertiary/aromatic N) is 3. The molecule has 6 nitrogen and oxygen atoms in total. The number of halogens is 1. The van der Waals surface area contributed by atoms with E-state index in [9.17, 15) is 9.18 Å². The van der Waals surface area contributed by atoms with Crippen LogP contribution < -0.4 is 10.6 Å². The lowest BCUT2D eigenvalue weighted by Gasteiger charge is -2.07. The molecule has 120 valence electrons. The fourth-order valence-corrected chi connectivity index (χ4v) is 1.97. The minimum atomic E-state index is -0.404. The topological polar surface area (TPSA) is 79.8 Å². The lowest BCUT2D eigenvalue weighted by molar-refractivity contribution is 0.0949. The van der Waals surface area contributed by atoms with E-state index in [1.54, 1.807) is 30.5 Å². The molecule has 0 aliphatic carbocycles. The second kappa shape index (κ2) is 7.28. The van der Waals surface area contributed by atoms with E-state index in [0.717, 1.165) is 5.69 Å². The second-order valence-electron chi connectivity index (χ2n) is 4.90. The average Bonchev–Trinajstić information content (AvgIpc) is 2.63. The van der Waals surface area contributed by atoms with E-state index in [1.807, 2.05) is 12.1 Å². The minimum Gasteiger partial charge on any atom is -0.346 e. The van der Waals surface area contributed by atoms with Crippen molar-refractivity contribution < 1.29 is 9.18 Å². The molecule has 0 unspecified atom stereocenters. The third kappa shape index (κ3) is 3.89. The first-order chi connectivity index (χ1) is 11.7. The van der Waals surface area contributed by atoms with Crippen molar-refractivity contribution in [2.45, 2.75) is 6.54 Å². The predicted molar refractivity (Wildman–Crippen MR) is 87.1 cm³/mol. The third-order valence-corrected chi connectivity index (χ3v) is 3.19. The Bertz CT molecular complexity index is 824. The summed E-state index contributed by atoms with van der Waals surface area (Å²) in [5.41, 5.74) is 1.33. The van der Waals surface area contributed by atoms with Crippen LogP contribution in [-0.4, -0.2) is 20.9 Å². The molecule has 0 aliphatic heterocycles. The molecule has 1 amide bonds. The van der Waals surface area contributed by atoms with Gasteiger partial charge in [-0.05, 0) is 24.3 Å². The van der Waals surface area contributed by atoms with Gasteiger partial charge in [0.1, 0.15) is 5.82 Å². The monoisotopic (exact) mass is 323 g/mol. The number of hydrogen-bond donors (Lipinski definition) is 2. The molecule has 0 bridgehead atoms. The summed E-state index contributed by atoms with van der Waals surface area (Å²) >= 11 is 0. The van der Waals surface area contributed by atoms with Gasteiger partial charge < -0.3 is 10.6 Å². The van der Waals surface area contributed by atoms with E-state index in [2.05, 4.69) is 25.6 Å². The average molecular weight is 323 g/mol. The van der Waals surface area contributed by atoms with Crippen LogP contribution in [0.5, 0.6) is 0 Å². The number of nitrogens with one attached hydrogen (secondary N) is 2. The lowest BCUT2D eigenvalue weighted by atomic mass is 10.3. The highest BCUT2D eigenvalue weighted by Crippen LogP contribution is 2.16. The summed E-state index contributed by atoms with van der Waals surface area (Å²) in [6, 6.07) is 11.7. The Balaban J connectivity index is 1.61. The molecule has 3 rings (SSSR count). The summed E-state index contributed by atoms with van der Waals surface area (Å²) in [5, 5.41) is 5.49. The first kappa shape index (κ1) is 15.5. The number of amides is 1. The number of hydrogen-bond acceptors (Lipinski definition) is 5. The normalized spacial score (nSPS) is 10.2. The quantitative estimate of drug-likeness (QED) is 0.754. The maximum absolute atomic E-state index is 13.6. The first-order valence-corrected chi connectivity index (χ1v) is 7.24. The molecule has 0 saturated heterocycles. The summed E-state index contributed by atoms with van der Waals surface area (Å²) in [4.78, 5) is 24.2. The summed E-state index contributed by atoms with van der Waals surface area (Å²) in [6.45, 7) is 0.314. The van der Waals surface area contributed by atoms with E-state index >= 15 is 0 Å². The largest absolute Gasteiger partial charge is 0.346 e. The lowest BCUT2D eigenvalue weighted by Crippen LogP contribution is -2.23. The molecule has 0 saturated carbocycles. The van der Waals surface area contributed by atoms with Crippen LogP contribution in [0.4, 0.5) is 16.0 Å². The molecule has 0 radical (unpaired) electrons. The van der Waals surface area contributed by atoms with Crippen molar-refractivity contribution in [2.75, 3.05) is 5.32 Å². The van der Waals surface area contributed by atoms with Gasteiger partial charge in [0, 0.05) is 18.6 Å². The van der Waals surface area contributed by atoms with Gasteiger partial charge in [0.05, 0.1) is 23.5 Å². The fraction of sp³-hybridized carbons (Fsp3) is 0.0588. The summed E-state index contributed by atoms with van der Waals surface area (Å²) in [7, 11) is 0. The Morgan fingerprint density at radius 3 is 2.46 bits per heavy atom. The molecule has 0 fully saturated rings. The molecular formula is C17H14FN5O. The summed E-state index contributed by atoms with van der Waals surface area (Å²) in [6.07, 6.45) is 4.42. The zero-order chi connectivity index (χ0) is 16.8. The van der Waals surface area contributed by atoms with Crippen LogP contribution in [0, 0.1) is 5.82 Å². The van der Waals surface area contributed by atoms with Crippen LogP contribution in [0.2, 0.25) is 0 Å². The molecule has 7 heteroatoms. The Hall–Kier alpha value is -3.35. The van der Waals surface area contributed by atoms with Crippen molar-refractivity contribution in [3.8, 4) is 0 Å². The number of carbonyl (C=O) groups excluding carboxylic acids is 1. The highest BCUT2D eigenvalue weighted by Gasteiger charge is 2.08. The van der Waals surface area contributed by atoms with E-state index in [0.29, 0.717) is 12.1 Å². The number of rotatable bonds is 5. The fourth-order valence-electron chi connectivity index (χ4n) is 1.97. The number of benzene rings is 1. The molecule has 0 spiro atoms. The second-order valence-corrected chi connectivity index (χ2v) is 4.90. The Morgan fingerprint density at radius 2 is 1.75 bits per heavy atom. The zero-order valence-electron chi connectivity index (χ0n) is 12.6. The summed E-state index contributed by atoms with van der Waals surface area (Å²) in [5.74, 6) is -0.502. The number of anilines is 2. The third-order valence-electron chi connectivity index (χ3n) is 3.19. The van der Waals surface area contributed by atoms with Gasteiger partial charge >= 0.3 is 0 Å². The molecule has 0 atom stereocenters. The smallest absolute Gasteiger partial charge is 0.254 e. The van der Waals surface area contributed by atoms with Crippen LogP contribution in [-0.2, 0) is 6.54 Å². The van der Waals surface area contributed by atoms with Gasteiger partial charge in [0.15, 0.2) is 0 Å². The SMILES string of the molecule is O=C(NCc1ccccn1)c1cnc(Nc2ccccc2F)nc1. The Morgan fingerprint density at radius 1 is 1.00 bits per heavy atom. The number of pyridine rings is 1. The highest BCUT2D eigenvalue weighted by molar-refractivity contribution is 5.93. The van der Waals surface area contributed by atoms with Gasteiger partial charge in [-0.15, -0.1) is 0 Å². The van der Waals surface area contributed by atoms with Gasteiger partial charge in [0.25, 0.3) is 5.91 Å². The summed E-state index contributed by atoms with van der Waals surface area (Å²) < 4.78 is 13.6. The van der Waals surface area contributed by atoms with E-state index in [4.69, 9.17) is 0 Å². The standard InChI is InChI=1S/C17H14FN5O/c18-14-6-1-2-7-15(14)23-17-21-9-12(10-22-17)16(24)20-11-13-5-3-4-8-19-13/h1-10H,11H2,(H,20,24)(H,21,22,23).